The largest absolute Gasteiger partial charge is 0.311 e. The molecule has 3 heterocycles. The Morgan fingerprint density at radius 2 is 0.897 bits per heavy atom. The van der Waals surface area contributed by atoms with Crippen molar-refractivity contribution in [3.8, 4) is 50.2 Å². The van der Waals surface area contributed by atoms with E-state index < -0.39 is 0 Å². The molecule has 0 spiro atoms. The van der Waals surface area contributed by atoms with Crippen LogP contribution in [0.15, 0.2) is 255 Å². The third kappa shape index (κ3) is 7.89. The summed E-state index contributed by atoms with van der Waals surface area (Å²) >= 11 is 0. The number of unbranched alkanes of at least 4 members (excludes halogenated alkanes) is 1. The quantitative estimate of drug-likeness (QED) is 0.127. The van der Waals surface area contributed by atoms with E-state index in [4.69, 9.17) is 0 Å². The Hall–Kier alpha value is -9.12. The molecule has 0 radical (unpaired) electrons. The highest BCUT2D eigenvalue weighted by Crippen LogP contribution is 2.52. The van der Waals surface area contributed by atoms with Crippen LogP contribution in [0, 0.1) is 0 Å². The van der Waals surface area contributed by atoms with Crippen molar-refractivity contribution < 1.29 is 0 Å². The molecule has 14 rings (SSSR count). The zero-order chi connectivity index (χ0) is 52.5. The SMILES string of the molecule is CCCCc1cc(-c2ccccc2)ccc1N1c2ccc(-c3ccccc3)cc2B2c3ccc(-n4c5ccccc5c5ccccc54)cc3N(c3c(-c4ccccc4)cccc3-c3ccccc3)c3cc(C(C)(C)C)cc1c32. The van der Waals surface area contributed by atoms with E-state index in [0.717, 1.165) is 30.6 Å². The molecular formula is C74H60BN3. The number of hydrogen-bond donors (Lipinski definition) is 0. The molecule has 12 aromatic rings. The van der Waals surface area contributed by atoms with Crippen LogP contribution in [0.25, 0.3) is 72.0 Å². The summed E-state index contributed by atoms with van der Waals surface area (Å²) in [6.07, 6.45) is 3.17. The smallest absolute Gasteiger partial charge is 0.252 e. The fourth-order valence-electron chi connectivity index (χ4n) is 12.7. The molecule has 0 bridgehead atoms. The van der Waals surface area contributed by atoms with Crippen LogP contribution in [0.3, 0.4) is 0 Å². The summed E-state index contributed by atoms with van der Waals surface area (Å²) in [5.74, 6) is 0. The fraction of sp³-hybridized carbons (Fsp3) is 0.108. The van der Waals surface area contributed by atoms with Crippen molar-refractivity contribution in [1.82, 2.24) is 4.57 Å². The summed E-state index contributed by atoms with van der Waals surface area (Å²) in [4.78, 5) is 5.34. The maximum absolute atomic E-state index is 2.68. The summed E-state index contributed by atoms with van der Waals surface area (Å²) in [6, 6.07) is 95.6. The van der Waals surface area contributed by atoms with Crippen LogP contribution in [0.5, 0.6) is 0 Å². The number of benzene rings is 11. The zero-order valence-corrected chi connectivity index (χ0v) is 44.8. The molecule has 0 aliphatic carbocycles. The van der Waals surface area contributed by atoms with E-state index in [1.165, 1.54) is 122 Å². The van der Waals surface area contributed by atoms with Gasteiger partial charge in [0.05, 0.1) is 16.7 Å². The Morgan fingerprint density at radius 3 is 1.46 bits per heavy atom. The van der Waals surface area contributed by atoms with Gasteiger partial charge < -0.3 is 14.4 Å². The summed E-state index contributed by atoms with van der Waals surface area (Å²) in [5, 5.41) is 2.50. The molecule has 0 saturated carbocycles. The highest BCUT2D eigenvalue weighted by Gasteiger charge is 2.45. The first-order valence-electron chi connectivity index (χ1n) is 27.8. The maximum atomic E-state index is 2.68. The van der Waals surface area contributed by atoms with Gasteiger partial charge in [-0.05, 0) is 134 Å². The average molecular weight is 1000 g/mol. The summed E-state index contributed by atoms with van der Waals surface area (Å²) < 4.78 is 2.48. The molecular weight excluding hydrogens is 942 g/mol. The lowest BCUT2D eigenvalue weighted by Gasteiger charge is -2.46. The second kappa shape index (κ2) is 19.2. The molecule has 0 fully saturated rings. The molecule has 1 aromatic heterocycles. The second-order valence-corrected chi connectivity index (χ2v) is 22.3. The van der Waals surface area contributed by atoms with E-state index in [-0.39, 0.29) is 12.1 Å². The molecule has 78 heavy (non-hydrogen) atoms. The Kier molecular flexibility index (Phi) is 11.6. The summed E-state index contributed by atoms with van der Waals surface area (Å²) in [7, 11) is 0. The monoisotopic (exact) mass is 1000 g/mol. The third-order valence-electron chi connectivity index (χ3n) is 16.5. The van der Waals surface area contributed by atoms with Crippen LogP contribution >= 0.6 is 0 Å². The first kappa shape index (κ1) is 47.3. The Bertz CT molecular complexity index is 4120. The standard InChI is InChI=1S/C74H60BN3/c1-5-6-24-56-45-54(50-25-11-7-12-26-50)39-43-65(56)77-68-44-40-55(51-27-13-8-14-28-51)46-64(68)75-63-42-41-58(76-66-37-21-19-33-61(66)62-34-20-22-38-67(62)76)49-69(63)78(71-48-57(74(2,3)4)47-70(77)72(71)75)73-59(52-29-15-9-16-30-52)35-23-36-60(73)53-31-17-10-18-32-53/h7-23,25-49H,5-6,24H2,1-4H3. The van der Waals surface area contributed by atoms with Crippen molar-refractivity contribution in [3.05, 3.63) is 266 Å². The Morgan fingerprint density at radius 1 is 0.385 bits per heavy atom. The van der Waals surface area contributed by atoms with Crippen molar-refractivity contribution in [2.24, 2.45) is 0 Å². The number of fused-ring (bicyclic) bond motifs is 7. The van der Waals surface area contributed by atoms with Crippen LogP contribution in [-0.2, 0) is 11.8 Å². The van der Waals surface area contributed by atoms with Gasteiger partial charge in [-0.25, -0.2) is 0 Å². The molecule has 0 unspecified atom stereocenters. The van der Waals surface area contributed by atoms with E-state index in [2.05, 4.69) is 297 Å². The van der Waals surface area contributed by atoms with Crippen LogP contribution in [0.1, 0.15) is 51.7 Å². The van der Waals surface area contributed by atoms with Crippen LogP contribution in [-0.4, -0.2) is 11.3 Å². The van der Waals surface area contributed by atoms with Crippen molar-refractivity contribution in [2.45, 2.75) is 52.4 Å². The highest BCUT2D eigenvalue weighted by molar-refractivity contribution is 7.00. The Labute approximate surface area is 459 Å². The first-order chi connectivity index (χ1) is 38.3. The number of hydrogen-bond acceptors (Lipinski definition) is 2. The lowest BCUT2D eigenvalue weighted by molar-refractivity contribution is 0.590. The van der Waals surface area contributed by atoms with Gasteiger partial charge in [0.25, 0.3) is 6.71 Å². The van der Waals surface area contributed by atoms with Gasteiger partial charge in [0.15, 0.2) is 0 Å². The van der Waals surface area contributed by atoms with Gasteiger partial charge in [0, 0.05) is 56.0 Å². The molecule has 374 valence electrons. The van der Waals surface area contributed by atoms with Gasteiger partial charge in [-0.15, -0.1) is 0 Å². The van der Waals surface area contributed by atoms with E-state index in [9.17, 15) is 0 Å². The molecule has 0 N–H and O–H groups in total. The number of aryl methyl sites for hydroxylation is 1. The number of rotatable bonds is 10. The van der Waals surface area contributed by atoms with Crippen LogP contribution in [0.4, 0.5) is 34.1 Å². The van der Waals surface area contributed by atoms with Crippen LogP contribution < -0.4 is 26.2 Å². The lowest BCUT2D eigenvalue weighted by atomic mass is 9.33. The van der Waals surface area contributed by atoms with E-state index in [1.807, 2.05) is 0 Å². The average Bonchev–Trinajstić information content (AvgIpc) is 3.50. The number of anilines is 6. The predicted molar refractivity (Wildman–Crippen MR) is 334 cm³/mol. The molecule has 0 amide bonds. The first-order valence-corrected chi connectivity index (χ1v) is 27.8. The predicted octanol–water partition coefficient (Wildman–Crippen LogP) is 18.2. The van der Waals surface area contributed by atoms with E-state index >= 15 is 0 Å². The zero-order valence-electron chi connectivity index (χ0n) is 44.8. The van der Waals surface area contributed by atoms with Crippen molar-refractivity contribution in [3.63, 3.8) is 0 Å². The molecule has 2 aliphatic rings. The van der Waals surface area contributed by atoms with E-state index in [1.54, 1.807) is 0 Å². The molecule has 11 aromatic carbocycles. The van der Waals surface area contributed by atoms with Gasteiger partial charge in [-0.3, -0.25) is 0 Å². The van der Waals surface area contributed by atoms with Gasteiger partial charge in [0.2, 0.25) is 0 Å². The Balaban J connectivity index is 1.13. The second-order valence-electron chi connectivity index (χ2n) is 22.3. The maximum Gasteiger partial charge on any atom is 0.252 e. The number of aromatic nitrogens is 1. The summed E-state index contributed by atoms with van der Waals surface area (Å²) in [6.45, 7) is 9.34. The topological polar surface area (TPSA) is 11.4 Å². The molecule has 0 saturated heterocycles. The minimum atomic E-state index is -0.204. The van der Waals surface area contributed by atoms with Crippen molar-refractivity contribution in [2.75, 3.05) is 9.80 Å². The van der Waals surface area contributed by atoms with Crippen LogP contribution in [0.2, 0.25) is 0 Å². The normalized spacial score (nSPS) is 12.7. The molecule has 0 atom stereocenters. The fourth-order valence-corrected chi connectivity index (χ4v) is 12.7. The van der Waals surface area contributed by atoms with Crippen molar-refractivity contribution in [1.29, 1.82) is 0 Å². The van der Waals surface area contributed by atoms with Gasteiger partial charge in [-0.2, -0.15) is 0 Å². The lowest BCUT2D eigenvalue weighted by Crippen LogP contribution is -2.61. The molecule has 4 heteroatoms. The third-order valence-corrected chi connectivity index (χ3v) is 16.5. The van der Waals surface area contributed by atoms with Gasteiger partial charge in [0.1, 0.15) is 0 Å². The minimum Gasteiger partial charge on any atom is -0.311 e. The summed E-state index contributed by atoms with van der Waals surface area (Å²) in [5.41, 5.74) is 26.6. The van der Waals surface area contributed by atoms with Gasteiger partial charge >= 0.3 is 0 Å². The minimum absolute atomic E-state index is 0.107. The molecule has 3 nitrogen and oxygen atoms in total. The highest BCUT2D eigenvalue weighted by atomic mass is 15.2. The number of para-hydroxylation sites is 3. The van der Waals surface area contributed by atoms with Gasteiger partial charge in [-0.1, -0.05) is 234 Å². The number of nitrogens with zero attached hydrogens (tertiary/aromatic N) is 3. The van der Waals surface area contributed by atoms with E-state index in [0.29, 0.717) is 0 Å². The molecule has 2 aliphatic heterocycles. The van der Waals surface area contributed by atoms with Crippen molar-refractivity contribution >= 4 is 79.0 Å².